The lowest BCUT2D eigenvalue weighted by Gasteiger charge is -2.19. The highest BCUT2D eigenvalue weighted by atomic mass is 16.5. The fraction of sp³-hybridized carbons (Fsp3) is 0.348. The third-order valence-corrected chi connectivity index (χ3v) is 5.89. The van der Waals surface area contributed by atoms with E-state index in [1.165, 1.54) is 4.90 Å². The van der Waals surface area contributed by atoms with Crippen molar-refractivity contribution in [3.8, 4) is 5.75 Å². The lowest BCUT2D eigenvalue weighted by atomic mass is 9.81. The fourth-order valence-electron chi connectivity index (χ4n) is 4.11. The van der Waals surface area contributed by atoms with Crippen LogP contribution in [-0.4, -0.2) is 17.8 Å². The number of amides is 2. The van der Waals surface area contributed by atoms with Crippen molar-refractivity contribution in [2.24, 2.45) is 11.8 Å². The molecule has 1 aliphatic heterocycles. The van der Waals surface area contributed by atoms with Gasteiger partial charge in [-0.05, 0) is 74.2 Å². The van der Waals surface area contributed by atoms with Crippen molar-refractivity contribution in [1.82, 2.24) is 0 Å². The van der Waals surface area contributed by atoms with Crippen molar-refractivity contribution in [2.75, 3.05) is 4.90 Å². The van der Waals surface area contributed by atoms with Crippen LogP contribution in [0.1, 0.15) is 47.2 Å². The monoisotopic (exact) mass is 377 g/mol. The van der Waals surface area contributed by atoms with Gasteiger partial charge in [0.25, 0.3) is 0 Å². The molecule has 0 unspecified atom stereocenters. The molecule has 2 amide bonds. The van der Waals surface area contributed by atoms with E-state index < -0.39 is 5.97 Å². The lowest BCUT2D eigenvalue weighted by Crippen LogP contribution is -2.30. The largest absolute Gasteiger partial charge is 0.423 e. The molecule has 0 bridgehead atoms. The highest BCUT2D eigenvalue weighted by Crippen LogP contribution is 2.40. The summed E-state index contributed by atoms with van der Waals surface area (Å²) in [5, 5.41) is 0. The van der Waals surface area contributed by atoms with Crippen LogP contribution in [-0.2, 0) is 9.59 Å². The summed E-state index contributed by atoms with van der Waals surface area (Å²) < 4.78 is 5.43. The van der Waals surface area contributed by atoms with Crippen LogP contribution in [0, 0.1) is 25.7 Å². The van der Waals surface area contributed by atoms with Crippen LogP contribution in [0.3, 0.4) is 0 Å². The maximum absolute atomic E-state index is 12.7. The number of ether oxygens (including phenoxy) is 1. The van der Waals surface area contributed by atoms with E-state index in [0.717, 1.165) is 36.8 Å². The molecule has 0 spiro atoms. The van der Waals surface area contributed by atoms with Gasteiger partial charge >= 0.3 is 5.97 Å². The molecule has 144 valence electrons. The number of esters is 1. The van der Waals surface area contributed by atoms with E-state index in [2.05, 4.69) is 0 Å². The Morgan fingerprint density at radius 3 is 2.07 bits per heavy atom. The van der Waals surface area contributed by atoms with Gasteiger partial charge in [-0.2, -0.15) is 0 Å². The van der Waals surface area contributed by atoms with Crippen molar-refractivity contribution in [2.45, 2.75) is 39.5 Å². The van der Waals surface area contributed by atoms with E-state index >= 15 is 0 Å². The Morgan fingerprint density at radius 2 is 1.50 bits per heavy atom. The zero-order valence-electron chi connectivity index (χ0n) is 16.1. The fourth-order valence-corrected chi connectivity index (χ4v) is 4.11. The third kappa shape index (κ3) is 3.21. The first-order valence-corrected chi connectivity index (χ1v) is 9.73. The number of hydrogen-bond acceptors (Lipinski definition) is 4. The Bertz CT molecular complexity index is 924. The van der Waals surface area contributed by atoms with Crippen molar-refractivity contribution in [3.05, 3.63) is 59.2 Å². The van der Waals surface area contributed by atoms with Gasteiger partial charge in [-0.15, -0.1) is 0 Å². The minimum Gasteiger partial charge on any atom is -0.423 e. The summed E-state index contributed by atoms with van der Waals surface area (Å²) >= 11 is 0. The van der Waals surface area contributed by atoms with E-state index in [-0.39, 0.29) is 23.7 Å². The Labute approximate surface area is 164 Å². The highest BCUT2D eigenvalue weighted by Gasteiger charge is 2.48. The first-order chi connectivity index (χ1) is 13.5. The number of imide groups is 1. The second-order valence-corrected chi connectivity index (χ2v) is 7.69. The van der Waals surface area contributed by atoms with Gasteiger partial charge in [0.15, 0.2) is 0 Å². The molecule has 2 atom stereocenters. The number of fused-ring (bicyclic) bond motifs is 1. The van der Waals surface area contributed by atoms with Crippen LogP contribution in [0.4, 0.5) is 5.69 Å². The molecule has 0 aromatic heterocycles. The van der Waals surface area contributed by atoms with Crippen LogP contribution in [0.5, 0.6) is 5.75 Å². The van der Waals surface area contributed by atoms with Crippen LogP contribution in [0.25, 0.3) is 0 Å². The molecular formula is C23H23NO4. The minimum absolute atomic E-state index is 0.111. The second kappa shape index (κ2) is 7.23. The van der Waals surface area contributed by atoms with Crippen LogP contribution in [0.2, 0.25) is 0 Å². The van der Waals surface area contributed by atoms with E-state index in [0.29, 0.717) is 17.0 Å². The smallest absolute Gasteiger partial charge is 0.343 e. The highest BCUT2D eigenvalue weighted by molar-refractivity contribution is 6.22. The maximum Gasteiger partial charge on any atom is 0.343 e. The Hall–Kier alpha value is -2.95. The Balaban J connectivity index is 1.50. The number of aryl methyl sites for hydroxylation is 2. The summed E-state index contributed by atoms with van der Waals surface area (Å²) in [6.07, 6.45) is 3.56. The lowest BCUT2D eigenvalue weighted by molar-refractivity contribution is -0.122. The SMILES string of the molecule is Cc1ccc(OC(=O)c2ccc(N3C(=O)[C@H]4CCCC[C@H]4C3=O)cc2)cc1C. The summed E-state index contributed by atoms with van der Waals surface area (Å²) in [5.41, 5.74) is 3.07. The van der Waals surface area contributed by atoms with Crippen molar-refractivity contribution >= 4 is 23.5 Å². The molecule has 2 aromatic carbocycles. The van der Waals surface area contributed by atoms with Gasteiger partial charge in [0.1, 0.15) is 5.75 Å². The molecular weight excluding hydrogens is 354 g/mol. The molecule has 1 heterocycles. The average molecular weight is 377 g/mol. The summed E-state index contributed by atoms with van der Waals surface area (Å²) in [6.45, 7) is 3.96. The quantitative estimate of drug-likeness (QED) is 0.457. The molecule has 1 saturated carbocycles. The summed E-state index contributed by atoms with van der Waals surface area (Å²) in [4.78, 5) is 39.1. The number of carbonyl (C=O) groups excluding carboxylic acids is 3. The maximum atomic E-state index is 12.7. The van der Waals surface area contributed by atoms with Gasteiger partial charge in [-0.3, -0.25) is 14.5 Å². The number of nitrogens with zero attached hydrogens (tertiary/aromatic N) is 1. The van der Waals surface area contributed by atoms with Crippen LogP contribution >= 0.6 is 0 Å². The van der Waals surface area contributed by atoms with E-state index in [9.17, 15) is 14.4 Å². The average Bonchev–Trinajstić information content (AvgIpc) is 2.96. The van der Waals surface area contributed by atoms with Gasteiger partial charge in [0.05, 0.1) is 23.1 Å². The first-order valence-electron chi connectivity index (χ1n) is 9.73. The Morgan fingerprint density at radius 1 is 0.893 bits per heavy atom. The molecule has 2 aromatic rings. The van der Waals surface area contributed by atoms with E-state index in [1.807, 2.05) is 26.0 Å². The van der Waals surface area contributed by atoms with Gasteiger partial charge in [0.2, 0.25) is 11.8 Å². The molecule has 5 heteroatoms. The van der Waals surface area contributed by atoms with Crippen molar-refractivity contribution in [3.63, 3.8) is 0 Å². The minimum atomic E-state index is -0.470. The molecule has 0 N–H and O–H groups in total. The van der Waals surface area contributed by atoms with Crippen molar-refractivity contribution < 1.29 is 19.1 Å². The number of anilines is 1. The zero-order valence-corrected chi connectivity index (χ0v) is 16.1. The predicted octanol–water partition coefficient (Wildman–Crippen LogP) is 4.20. The molecule has 4 rings (SSSR count). The molecule has 2 aliphatic rings. The normalized spacial score (nSPS) is 21.6. The van der Waals surface area contributed by atoms with Gasteiger partial charge in [-0.1, -0.05) is 18.9 Å². The molecule has 2 fully saturated rings. The second-order valence-electron chi connectivity index (χ2n) is 7.69. The third-order valence-electron chi connectivity index (χ3n) is 5.89. The number of rotatable bonds is 3. The van der Waals surface area contributed by atoms with Crippen LogP contribution in [0.15, 0.2) is 42.5 Å². The van der Waals surface area contributed by atoms with Gasteiger partial charge < -0.3 is 4.74 Å². The number of benzene rings is 2. The number of hydrogen-bond donors (Lipinski definition) is 0. The summed E-state index contributed by atoms with van der Waals surface area (Å²) in [7, 11) is 0. The van der Waals surface area contributed by atoms with Gasteiger partial charge in [-0.25, -0.2) is 4.79 Å². The van der Waals surface area contributed by atoms with Gasteiger partial charge in [0, 0.05) is 0 Å². The molecule has 1 aliphatic carbocycles. The summed E-state index contributed by atoms with van der Waals surface area (Å²) in [6, 6.07) is 12.0. The topological polar surface area (TPSA) is 63.7 Å². The van der Waals surface area contributed by atoms with E-state index in [4.69, 9.17) is 4.74 Å². The van der Waals surface area contributed by atoms with E-state index in [1.54, 1.807) is 30.3 Å². The molecule has 0 radical (unpaired) electrons. The zero-order chi connectivity index (χ0) is 19.8. The molecule has 28 heavy (non-hydrogen) atoms. The summed E-state index contributed by atoms with van der Waals surface area (Å²) in [5.74, 6) is -0.569. The van der Waals surface area contributed by atoms with Crippen LogP contribution < -0.4 is 9.64 Å². The number of carbonyl (C=O) groups is 3. The molecule has 5 nitrogen and oxygen atoms in total. The molecule has 1 saturated heterocycles. The first kappa shape index (κ1) is 18.4. The predicted molar refractivity (Wildman–Crippen MR) is 105 cm³/mol. The Kier molecular flexibility index (Phi) is 4.75. The standard InChI is InChI=1S/C23H23NO4/c1-14-7-12-18(13-15(14)2)28-23(27)16-8-10-17(11-9-16)24-21(25)19-5-3-4-6-20(19)22(24)26/h7-13,19-20H,3-6H2,1-2H3/t19-,20+. The van der Waals surface area contributed by atoms with Crippen molar-refractivity contribution in [1.29, 1.82) is 0 Å².